The first-order valence-electron chi connectivity index (χ1n) is 32.0. The Balaban J connectivity index is 0.000000168. The SMILES string of the molecule is C1CC2(C1)CNC2.C1CC2CCC(C1)N2.C1CCCNCC1.C1CCNC1.C1CCNCC1.C1CN2CCC1CC2.C1CNC1.O=c1cc[nH]c(=O)[nH]1.O=c1cccc[nH]1.O=c1cncc[nH]1.O=c1nccc[nH]1.c1ccc2c(c1)CCCN2. The number of benzene rings is 1. The van der Waals surface area contributed by atoms with Crippen LogP contribution >= 0.6 is 0 Å². The van der Waals surface area contributed by atoms with Gasteiger partial charge in [0.2, 0.25) is 5.56 Å². The fourth-order valence-electron chi connectivity index (χ4n) is 10.7. The summed E-state index contributed by atoms with van der Waals surface area (Å²) in [6, 6.07) is 18.2. The molecule has 11 aliphatic heterocycles. The lowest BCUT2D eigenvalue weighted by molar-refractivity contribution is 0.0603. The highest BCUT2D eigenvalue weighted by Gasteiger charge is 2.41. The zero-order valence-corrected chi connectivity index (χ0v) is 50.5. The summed E-state index contributed by atoms with van der Waals surface area (Å²) >= 11 is 0. The van der Waals surface area contributed by atoms with Crippen LogP contribution in [0.3, 0.4) is 0 Å². The summed E-state index contributed by atoms with van der Waals surface area (Å²) in [6.45, 7) is 17.9. The molecule has 2 unspecified atom stereocenters. The number of para-hydroxylation sites is 1. The van der Waals surface area contributed by atoms with Gasteiger partial charge in [-0.15, -0.1) is 0 Å². The average Bonchev–Trinajstić information content (AvgIpc) is 3.83. The minimum atomic E-state index is -0.475. The summed E-state index contributed by atoms with van der Waals surface area (Å²) in [5.41, 5.74) is 2.25. The number of H-pyrrole nitrogens is 5. The molecule has 84 heavy (non-hydrogen) atoms. The molecular formula is C64H105N15O5. The Hall–Kier alpha value is -5.87. The van der Waals surface area contributed by atoms with Crippen molar-refractivity contribution in [2.75, 3.05) is 96.9 Å². The summed E-state index contributed by atoms with van der Waals surface area (Å²) < 4.78 is 0. The van der Waals surface area contributed by atoms with Crippen molar-refractivity contribution in [3.63, 3.8) is 0 Å². The molecule has 5 aromatic rings. The Kier molecular flexibility index (Phi) is 36.6. The molecule has 2 atom stereocenters. The van der Waals surface area contributed by atoms with Crippen LogP contribution in [0.4, 0.5) is 5.69 Å². The molecular weight excluding hydrogens is 1060 g/mol. The number of hydrogen-bond donors (Lipinski definition) is 12. The van der Waals surface area contributed by atoms with Gasteiger partial charge in [-0.25, -0.2) is 14.6 Å². The topological polar surface area (TPSA) is 278 Å². The summed E-state index contributed by atoms with van der Waals surface area (Å²) in [7, 11) is 0. The van der Waals surface area contributed by atoms with Crippen molar-refractivity contribution < 1.29 is 0 Å². The number of anilines is 1. The van der Waals surface area contributed by atoms with Gasteiger partial charge in [-0.3, -0.25) is 24.4 Å². The Labute approximate surface area is 499 Å². The normalized spacial score (nSPS) is 22.6. The van der Waals surface area contributed by atoms with E-state index in [0.717, 1.165) is 30.0 Å². The van der Waals surface area contributed by atoms with Crippen LogP contribution in [0, 0.1) is 11.3 Å². The van der Waals surface area contributed by atoms with Crippen molar-refractivity contribution in [3.05, 3.63) is 156 Å². The third-order valence-corrected chi connectivity index (χ3v) is 16.2. The van der Waals surface area contributed by atoms with Crippen LogP contribution in [-0.4, -0.2) is 143 Å². The van der Waals surface area contributed by atoms with Crippen LogP contribution in [0.5, 0.6) is 0 Å². The van der Waals surface area contributed by atoms with Gasteiger partial charge in [0.1, 0.15) is 0 Å². The standard InChI is InChI=1S/C9H11N.2C7H13N.C6H11N.C6H13N.C5H5NO.C5H11N.C4H4N2O2.2C4H4N2O.C4H9N.C3H7N/c1-2-6-9-8(4-1)5-3-7-10-9;1-4-8-5-2-7(1)3-6-8;1-2-6-4-5-7(3-1)8-6;1-2-6(3-1)4-7-5-6;1-2-4-6-7-5-3-1;7-5-3-1-2-4-6-5;1-2-4-6-5-3-1;7-3-1-2-5-4(8)6-3;7-4-3-5-1-2-6-4;7-4-5-2-1-3-6-4;1-2-4-5-3-1;1-2-4-3-1/h1-2,4,6,10H,3,5,7H2;7H,1-6H2;6-8H,1-5H2;7H,1-5H2;7H,1-6H2;1-4H,(H,6,7);6H,1-5H2;1-2H,(H2,5,6,7,8);1-3H,(H,6,7);1-3H,(H,5,6,7);5H,1-4H2;4H,1-3H2. The van der Waals surface area contributed by atoms with Crippen molar-refractivity contribution >= 4 is 5.69 Å². The molecule has 4 aromatic heterocycles. The lowest BCUT2D eigenvalue weighted by Gasteiger charge is -2.49. The Morgan fingerprint density at radius 3 is 1.36 bits per heavy atom. The molecule has 1 aliphatic carbocycles. The van der Waals surface area contributed by atoms with Crippen molar-refractivity contribution in [3.8, 4) is 0 Å². The van der Waals surface area contributed by atoms with E-state index in [9.17, 15) is 24.0 Å². The molecule has 10 saturated heterocycles. The van der Waals surface area contributed by atoms with E-state index < -0.39 is 5.69 Å². The van der Waals surface area contributed by atoms with Gasteiger partial charge in [-0.2, -0.15) is 0 Å². The second-order valence-electron chi connectivity index (χ2n) is 23.0. The summed E-state index contributed by atoms with van der Waals surface area (Å²) in [4.78, 5) is 71.9. The summed E-state index contributed by atoms with van der Waals surface area (Å²) in [6.07, 6.45) is 42.8. The number of nitrogens with one attached hydrogen (secondary N) is 12. The monoisotopic (exact) mass is 1160 g/mol. The highest BCUT2D eigenvalue weighted by molar-refractivity contribution is 5.52. The van der Waals surface area contributed by atoms with Gasteiger partial charge in [0.25, 0.3) is 11.1 Å². The van der Waals surface area contributed by atoms with Crippen LogP contribution in [0.25, 0.3) is 0 Å². The number of piperidine rings is 5. The lowest BCUT2D eigenvalue weighted by atomic mass is 9.65. The molecule has 12 N–H and O–H groups in total. The van der Waals surface area contributed by atoms with Crippen LogP contribution in [0.1, 0.15) is 147 Å². The van der Waals surface area contributed by atoms with E-state index in [1.54, 1.807) is 24.4 Å². The molecule has 466 valence electrons. The first-order valence-corrected chi connectivity index (χ1v) is 32.0. The molecule has 4 bridgehead atoms. The fraction of sp³-hybridized carbons (Fsp3) is 0.641. The second-order valence-corrected chi connectivity index (χ2v) is 23.0. The minimum absolute atomic E-state index is 0.0532. The number of aryl methyl sites for hydroxylation is 1. The van der Waals surface area contributed by atoms with Gasteiger partial charge in [-0.1, -0.05) is 56.4 Å². The van der Waals surface area contributed by atoms with Crippen LogP contribution in [0.2, 0.25) is 0 Å². The van der Waals surface area contributed by atoms with E-state index in [1.807, 2.05) is 4.98 Å². The second kappa shape index (κ2) is 44.6. The first kappa shape index (κ1) is 68.9. The van der Waals surface area contributed by atoms with Gasteiger partial charge in [0.15, 0.2) is 0 Å². The van der Waals surface area contributed by atoms with Crippen molar-refractivity contribution in [1.29, 1.82) is 0 Å². The summed E-state index contributed by atoms with van der Waals surface area (Å²) in [5, 5.41) is 23.2. The maximum absolute atomic E-state index is 10.2. The smallest absolute Gasteiger partial charge is 0.344 e. The maximum atomic E-state index is 10.2. The number of hydrogen-bond acceptors (Lipinski definition) is 15. The number of nitrogens with zero attached hydrogens (tertiary/aromatic N) is 3. The molecule has 1 saturated carbocycles. The van der Waals surface area contributed by atoms with Crippen LogP contribution < -0.4 is 65.3 Å². The van der Waals surface area contributed by atoms with E-state index in [0.29, 0.717) is 0 Å². The fourth-order valence-corrected chi connectivity index (χ4v) is 10.7. The van der Waals surface area contributed by atoms with Gasteiger partial charge >= 0.3 is 11.4 Å². The Morgan fingerprint density at radius 2 is 1.02 bits per heavy atom. The zero-order valence-electron chi connectivity index (χ0n) is 50.5. The Morgan fingerprint density at radius 1 is 0.452 bits per heavy atom. The van der Waals surface area contributed by atoms with Crippen LogP contribution in [-0.2, 0) is 6.42 Å². The molecule has 15 heterocycles. The minimum Gasteiger partial charge on any atom is -0.385 e. The zero-order chi connectivity index (χ0) is 59.2. The predicted octanol–water partition coefficient (Wildman–Crippen LogP) is 6.43. The van der Waals surface area contributed by atoms with Crippen molar-refractivity contribution in [1.82, 2.24) is 71.7 Å². The number of rotatable bonds is 0. The highest BCUT2D eigenvalue weighted by atomic mass is 16.2. The van der Waals surface area contributed by atoms with Crippen molar-refractivity contribution in [2.24, 2.45) is 11.3 Å². The van der Waals surface area contributed by atoms with Gasteiger partial charge in [-0.05, 0) is 223 Å². The molecule has 11 fully saturated rings. The quantitative estimate of drug-likeness (QED) is 0.0796. The van der Waals surface area contributed by atoms with Crippen LogP contribution in [0.15, 0.2) is 122 Å². The number of pyridine rings is 1. The van der Waals surface area contributed by atoms with Gasteiger partial charge in [0, 0.05) is 86.7 Å². The van der Waals surface area contributed by atoms with Gasteiger partial charge in [0.05, 0.1) is 6.20 Å². The number of fused-ring (bicyclic) bond motifs is 6. The molecule has 1 spiro atoms. The molecule has 12 aliphatic rings. The molecule has 20 nitrogen and oxygen atoms in total. The largest absolute Gasteiger partial charge is 0.385 e. The van der Waals surface area contributed by atoms with Crippen molar-refractivity contribution in [2.45, 2.75) is 160 Å². The van der Waals surface area contributed by atoms with Gasteiger partial charge < -0.3 is 62.1 Å². The summed E-state index contributed by atoms with van der Waals surface area (Å²) in [5.74, 6) is 1.11. The number of aromatic nitrogens is 7. The predicted molar refractivity (Wildman–Crippen MR) is 342 cm³/mol. The third-order valence-electron chi connectivity index (χ3n) is 16.2. The maximum Gasteiger partial charge on any atom is 0.344 e. The van der Waals surface area contributed by atoms with E-state index >= 15 is 0 Å². The average molecular weight is 1160 g/mol. The molecule has 0 amide bonds. The lowest BCUT2D eigenvalue weighted by Crippen LogP contribution is -2.57. The first-order chi connectivity index (χ1) is 41.2. The molecule has 0 radical (unpaired) electrons. The highest BCUT2D eigenvalue weighted by Crippen LogP contribution is 2.43. The molecule has 17 rings (SSSR count). The Bertz CT molecular complexity index is 2350. The molecule has 1 aromatic carbocycles. The van der Waals surface area contributed by atoms with E-state index in [2.05, 4.69) is 96.3 Å². The molecule has 20 heteroatoms. The third kappa shape index (κ3) is 33.0. The van der Waals surface area contributed by atoms with E-state index in [1.165, 1.54) is 293 Å². The van der Waals surface area contributed by atoms with E-state index in [-0.39, 0.29) is 22.4 Å². The number of aromatic amines is 5. The van der Waals surface area contributed by atoms with E-state index in [4.69, 9.17) is 0 Å².